The number of hydrogen-bond donors (Lipinski definition) is 2. The molecule has 3 heterocycles. The van der Waals surface area contributed by atoms with Crippen LogP contribution in [-0.4, -0.2) is 64.8 Å². The molecular weight excluding hydrogens is 443 g/mol. The van der Waals surface area contributed by atoms with E-state index < -0.39 is 11.7 Å². The number of fused-ring (bicyclic) bond motifs is 1. The smallest absolute Gasteiger partial charge is 0.255 e. The molecule has 3 aromatic rings. The molecule has 1 aromatic carbocycles. The van der Waals surface area contributed by atoms with E-state index in [2.05, 4.69) is 33.8 Å². The summed E-state index contributed by atoms with van der Waals surface area (Å²) in [7, 11) is 3.19. The highest BCUT2D eigenvalue weighted by molar-refractivity contribution is 6.00. The number of halogens is 1. The first-order valence-electron chi connectivity index (χ1n) is 10.4. The molecule has 1 saturated heterocycles. The van der Waals surface area contributed by atoms with Gasteiger partial charge in [-0.1, -0.05) is 12.5 Å². The summed E-state index contributed by atoms with van der Waals surface area (Å²) in [4.78, 5) is 30.3. The standard InChI is InChI=1S/C23H23FN6O4/c1-4-20(31)29-10-14(8-15(29)11-33-3)30-23(26-2)21(22(25)32)17(28-30)6-5-13-7-18-19(9-16(13)24)34-12-27-18/h4,7,9,12,14-15,26H,1,8,10-11H2,2-3H3,(H2,25,32)/t14-,15+/m0/s1. The number of amides is 2. The van der Waals surface area contributed by atoms with Gasteiger partial charge >= 0.3 is 0 Å². The first-order chi connectivity index (χ1) is 16.4. The number of carbonyl (C=O) groups excluding carboxylic acids is 2. The third-order valence-electron chi connectivity index (χ3n) is 5.68. The molecule has 1 fully saturated rings. The fourth-order valence-corrected chi connectivity index (χ4v) is 4.17. The molecule has 2 amide bonds. The van der Waals surface area contributed by atoms with Crippen molar-refractivity contribution in [2.24, 2.45) is 5.73 Å². The fraction of sp³-hybridized carbons (Fsp3) is 0.304. The van der Waals surface area contributed by atoms with E-state index in [4.69, 9.17) is 14.9 Å². The third-order valence-corrected chi connectivity index (χ3v) is 5.68. The molecule has 11 heteroatoms. The van der Waals surface area contributed by atoms with Crippen molar-refractivity contribution in [1.82, 2.24) is 19.7 Å². The minimum atomic E-state index is -0.738. The van der Waals surface area contributed by atoms with Crippen molar-refractivity contribution in [2.75, 3.05) is 32.6 Å². The highest BCUT2D eigenvalue weighted by Gasteiger charge is 2.37. The summed E-state index contributed by atoms with van der Waals surface area (Å²) in [6.07, 6.45) is 3.00. The lowest BCUT2D eigenvalue weighted by molar-refractivity contribution is -0.127. The highest BCUT2D eigenvalue weighted by Crippen LogP contribution is 2.32. The maximum Gasteiger partial charge on any atom is 0.255 e. The van der Waals surface area contributed by atoms with E-state index >= 15 is 0 Å². The van der Waals surface area contributed by atoms with Gasteiger partial charge in [0.15, 0.2) is 17.7 Å². The van der Waals surface area contributed by atoms with Crippen LogP contribution in [0.2, 0.25) is 0 Å². The third kappa shape index (κ3) is 4.11. The quantitative estimate of drug-likeness (QED) is 0.418. The Hall–Kier alpha value is -4.17. The summed E-state index contributed by atoms with van der Waals surface area (Å²) in [5, 5.41) is 7.47. The Morgan fingerprint density at radius 3 is 2.91 bits per heavy atom. The van der Waals surface area contributed by atoms with E-state index in [1.54, 1.807) is 23.7 Å². The largest absolute Gasteiger partial charge is 0.443 e. The molecule has 0 spiro atoms. The first kappa shape index (κ1) is 23.0. The van der Waals surface area contributed by atoms with Crippen LogP contribution >= 0.6 is 0 Å². The van der Waals surface area contributed by atoms with Gasteiger partial charge in [0.2, 0.25) is 5.91 Å². The van der Waals surface area contributed by atoms with E-state index in [1.165, 1.54) is 24.6 Å². The molecule has 4 rings (SSSR count). The van der Waals surface area contributed by atoms with Crippen LogP contribution in [0.15, 0.2) is 35.6 Å². The predicted molar refractivity (Wildman–Crippen MR) is 121 cm³/mol. The van der Waals surface area contributed by atoms with Crippen molar-refractivity contribution >= 4 is 28.7 Å². The maximum atomic E-state index is 14.4. The number of nitrogens with zero attached hydrogens (tertiary/aromatic N) is 4. The number of carbonyl (C=O) groups is 2. The minimum absolute atomic E-state index is 0.0705. The molecule has 176 valence electrons. The molecule has 1 aliphatic rings. The molecule has 1 aliphatic heterocycles. The van der Waals surface area contributed by atoms with E-state index in [1.807, 2.05) is 0 Å². The van der Waals surface area contributed by atoms with Crippen LogP contribution in [0.1, 0.15) is 34.1 Å². The van der Waals surface area contributed by atoms with Crippen LogP contribution in [-0.2, 0) is 9.53 Å². The van der Waals surface area contributed by atoms with Crippen LogP contribution < -0.4 is 11.1 Å². The zero-order chi connectivity index (χ0) is 24.4. The number of ether oxygens (including phenoxy) is 1. The van der Waals surface area contributed by atoms with Gasteiger partial charge in [0.05, 0.1) is 24.3 Å². The van der Waals surface area contributed by atoms with Crippen molar-refractivity contribution in [1.29, 1.82) is 0 Å². The van der Waals surface area contributed by atoms with Gasteiger partial charge in [0, 0.05) is 26.8 Å². The van der Waals surface area contributed by atoms with Gasteiger partial charge in [-0.2, -0.15) is 5.10 Å². The van der Waals surface area contributed by atoms with E-state index in [-0.39, 0.29) is 34.8 Å². The number of nitrogens with two attached hydrogens (primary N) is 1. The number of likely N-dealkylation sites (tertiary alicyclic amines) is 1. The zero-order valence-corrected chi connectivity index (χ0v) is 18.7. The Labute approximate surface area is 194 Å². The van der Waals surface area contributed by atoms with Gasteiger partial charge in [0.25, 0.3) is 5.91 Å². The molecule has 0 radical (unpaired) electrons. The topological polar surface area (TPSA) is 129 Å². The van der Waals surface area contributed by atoms with Gasteiger partial charge in [0.1, 0.15) is 22.7 Å². The Kier molecular flexibility index (Phi) is 6.34. The Morgan fingerprint density at radius 1 is 1.44 bits per heavy atom. The molecule has 2 atom stereocenters. The molecular formula is C23H23FN6O4. The Balaban J connectivity index is 1.75. The second kappa shape index (κ2) is 9.36. The number of aromatic nitrogens is 3. The van der Waals surface area contributed by atoms with Crippen molar-refractivity contribution in [3.05, 3.63) is 53.8 Å². The van der Waals surface area contributed by atoms with E-state index in [0.29, 0.717) is 36.5 Å². The molecule has 0 saturated carbocycles. The maximum absolute atomic E-state index is 14.4. The molecule has 0 bridgehead atoms. The summed E-state index contributed by atoms with van der Waals surface area (Å²) in [5.41, 5.74) is 6.63. The SMILES string of the molecule is C=CC(=O)N1C[C@@H](n2nc(C#Cc3cc4ncoc4cc3F)c(C(N)=O)c2NC)C[C@@H]1COC. The molecule has 2 aromatic heterocycles. The van der Waals surface area contributed by atoms with Gasteiger partial charge in [-0.25, -0.2) is 14.1 Å². The number of oxazole rings is 1. The van der Waals surface area contributed by atoms with Crippen LogP contribution in [0.25, 0.3) is 11.1 Å². The molecule has 0 aliphatic carbocycles. The van der Waals surface area contributed by atoms with Crippen LogP contribution in [0.5, 0.6) is 0 Å². The van der Waals surface area contributed by atoms with Crippen molar-refractivity contribution < 1.29 is 23.1 Å². The minimum Gasteiger partial charge on any atom is -0.443 e. The van der Waals surface area contributed by atoms with Crippen LogP contribution in [0.3, 0.4) is 0 Å². The summed E-state index contributed by atoms with van der Waals surface area (Å²) < 4.78 is 26.4. The van der Waals surface area contributed by atoms with Gasteiger partial charge in [-0.3, -0.25) is 9.59 Å². The highest BCUT2D eigenvalue weighted by atomic mass is 19.1. The molecule has 34 heavy (non-hydrogen) atoms. The first-order valence-corrected chi connectivity index (χ1v) is 10.4. The van der Waals surface area contributed by atoms with Crippen molar-refractivity contribution in [3.8, 4) is 11.8 Å². The van der Waals surface area contributed by atoms with Crippen molar-refractivity contribution in [3.63, 3.8) is 0 Å². The van der Waals surface area contributed by atoms with Crippen LogP contribution in [0, 0.1) is 17.7 Å². The molecule has 10 nitrogen and oxygen atoms in total. The number of methoxy groups -OCH3 is 1. The summed E-state index contributed by atoms with van der Waals surface area (Å²) in [6.45, 7) is 4.23. The number of rotatable bonds is 6. The average Bonchev–Trinajstić information content (AvgIpc) is 3.53. The summed E-state index contributed by atoms with van der Waals surface area (Å²) >= 11 is 0. The summed E-state index contributed by atoms with van der Waals surface area (Å²) in [6, 6.07) is 2.18. The monoisotopic (exact) mass is 466 g/mol. The number of hydrogen-bond acceptors (Lipinski definition) is 7. The normalized spacial score (nSPS) is 17.4. The Bertz CT molecular complexity index is 1330. The zero-order valence-electron chi connectivity index (χ0n) is 18.7. The fourth-order valence-electron chi connectivity index (χ4n) is 4.17. The second-order valence-corrected chi connectivity index (χ2v) is 7.73. The number of nitrogens with one attached hydrogen (secondary N) is 1. The van der Waals surface area contributed by atoms with Gasteiger partial charge < -0.3 is 25.1 Å². The average molecular weight is 466 g/mol. The van der Waals surface area contributed by atoms with Crippen molar-refractivity contribution in [2.45, 2.75) is 18.5 Å². The number of anilines is 1. The van der Waals surface area contributed by atoms with Crippen LogP contribution in [0.4, 0.5) is 10.2 Å². The molecule has 0 unspecified atom stereocenters. The lowest BCUT2D eigenvalue weighted by Crippen LogP contribution is -2.37. The number of primary amides is 1. The van der Waals surface area contributed by atoms with Gasteiger partial charge in [-0.05, 0) is 24.5 Å². The lowest BCUT2D eigenvalue weighted by Gasteiger charge is -2.22. The summed E-state index contributed by atoms with van der Waals surface area (Å²) in [5.74, 6) is 4.28. The number of benzene rings is 1. The lowest BCUT2D eigenvalue weighted by atomic mass is 10.1. The molecule has 3 N–H and O–H groups in total. The van der Waals surface area contributed by atoms with E-state index in [9.17, 15) is 14.0 Å². The van der Waals surface area contributed by atoms with Gasteiger partial charge in [-0.15, -0.1) is 0 Å². The second-order valence-electron chi connectivity index (χ2n) is 7.73. The van der Waals surface area contributed by atoms with E-state index in [0.717, 1.165) is 0 Å². The predicted octanol–water partition coefficient (Wildman–Crippen LogP) is 1.68. The Morgan fingerprint density at radius 2 is 2.24 bits per heavy atom.